The summed E-state index contributed by atoms with van der Waals surface area (Å²) in [5, 5.41) is 11.7. The van der Waals surface area contributed by atoms with Crippen molar-refractivity contribution in [1.82, 2.24) is 5.32 Å². The monoisotopic (exact) mass is 639 g/mol. The minimum atomic E-state index is -4.10. The predicted octanol–water partition coefficient (Wildman–Crippen LogP) is 8.77. The summed E-state index contributed by atoms with van der Waals surface area (Å²) in [6.07, 6.45) is 17.7. The molecule has 1 aliphatic heterocycles. The Morgan fingerprint density at radius 3 is 2.22 bits per heavy atom. The zero-order valence-corrected chi connectivity index (χ0v) is 26.6. The van der Waals surface area contributed by atoms with E-state index >= 15 is 0 Å². The van der Waals surface area contributed by atoms with Crippen molar-refractivity contribution >= 4 is 62.4 Å². The van der Waals surface area contributed by atoms with Crippen molar-refractivity contribution < 1.29 is 17.4 Å². The SMILES string of the molecule is CCCCCCCCCCCCCCC1S/C(=N\N=C\c2cccc(OS(=O)(=O)c3ccc(Cl)c(Cl)c3)c2)NC1=O. The first kappa shape index (κ1) is 33.4. The Morgan fingerprint density at radius 1 is 0.902 bits per heavy atom. The molecule has 2 aromatic rings. The molecule has 0 bridgehead atoms. The summed E-state index contributed by atoms with van der Waals surface area (Å²) in [7, 11) is -4.10. The lowest BCUT2D eigenvalue weighted by atomic mass is 10.0. The standard InChI is InChI=1S/C30H39Cl2N3O4S2/c1-2-3-4-5-6-7-8-9-10-11-12-13-17-28-29(36)34-30(40-28)35-33-22-23-15-14-16-24(20-23)39-41(37,38)25-18-19-26(31)27(32)21-25/h14-16,18-22,28H,2-13,17H2,1H3,(H,34,35,36)/b33-22+. The molecule has 1 amide bonds. The van der Waals surface area contributed by atoms with E-state index in [0.29, 0.717) is 10.7 Å². The number of rotatable bonds is 18. The molecule has 1 heterocycles. The van der Waals surface area contributed by atoms with E-state index in [9.17, 15) is 13.2 Å². The van der Waals surface area contributed by atoms with E-state index in [2.05, 4.69) is 22.4 Å². The first-order valence-corrected chi connectivity index (χ1v) is 17.4. The topological polar surface area (TPSA) is 97.2 Å². The number of thioether (sulfide) groups is 1. The van der Waals surface area contributed by atoms with Crippen molar-refractivity contribution in [2.24, 2.45) is 10.2 Å². The van der Waals surface area contributed by atoms with Crippen LogP contribution < -0.4 is 9.50 Å². The molecule has 1 fully saturated rings. The average molecular weight is 641 g/mol. The third-order valence-electron chi connectivity index (χ3n) is 6.70. The van der Waals surface area contributed by atoms with Crippen molar-refractivity contribution in [2.45, 2.75) is 101 Å². The molecular weight excluding hydrogens is 601 g/mol. The number of amides is 1. The third kappa shape index (κ3) is 12.0. The summed E-state index contributed by atoms with van der Waals surface area (Å²) < 4.78 is 30.4. The van der Waals surface area contributed by atoms with Gasteiger partial charge >= 0.3 is 10.1 Å². The average Bonchev–Trinajstić information content (AvgIpc) is 3.29. The fourth-order valence-corrected chi connectivity index (χ4v) is 6.70. The Hall–Kier alpha value is -2.07. The lowest BCUT2D eigenvalue weighted by Gasteiger charge is -2.08. The third-order valence-corrected chi connectivity index (χ3v) is 9.82. The number of nitrogens with zero attached hydrogens (tertiary/aromatic N) is 2. The second-order valence-corrected chi connectivity index (χ2v) is 13.7. The summed E-state index contributed by atoms with van der Waals surface area (Å²) in [6.45, 7) is 2.25. The molecule has 224 valence electrons. The van der Waals surface area contributed by atoms with Crippen LogP contribution in [0.5, 0.6) is 5.75 Å². The second kappa shape index (κ2) is 17.8. The highest BCUT2D eigenvalue weighted by atomic mass is 35.5. The van der Waals surface area contributed by atoms with E-state index in [4.69, 9.17) is 27.4 Å². The summed E-state index contributed by atoms with van der Waals surface area (Å²) in [6, 6.07) is 10.4. The van der Waals surface area contributed by atoms with Crippen molar-refractivity contribution in [3.05, 3.63) is 58.1 Å². The highest BCUT2D eigenvalue weighted by molar-refractivity contribution is 8.15. The first-order valence-electron chi connectivity index (χ1n) is 14.4. The minimum Gasteiger partial charge on any atom is -0.379 e. The van der Waals surface area contributed by atoms with Crippen molar-refractivity contribution in [2.75, 3.05) is 0 Å². The number of hydrogen-bond donors (Lipinski definition) is 1. The molecule has 0 saturated carbocycles. The van der Waals surface area contributed by atoms with Gasteiger partial charge in [0.25, 0.3) is 0 Å². The van der Waals surface area contributed by atoms with Crippen LogP contribution in [0.2, 0.25) is 10.0 Å². The smallest absolute Gasteiger partial charge is 0.339 e. The van der Waals surface area contributed by atoms with E-state index in [0.717, 1.165) is 19.3 Å². The fourth-order valence-electron chi connectivity index (χ4n) is 4.41. The summed E-state index contributed by atoms with van der Waals surface area (Å²) in [5.41, 5.74) is 0.582. The van der Waals surface area contributed by atoms with Gasteiger partial charge in [0.2, 0.25) is 5.91 Å². The van der Waals surface area contributed by atoms with Crippen LogP contribution in [0.1, 0.15) is 96.0 Å². The quantitative estimate of drug-likeness (QED) is 0.0761. The van der Waals surface area contributed by atoms with E-state index in [1.807, 2.05) is 0 Å². The van der Waals surface area contributed by atoms with Crippen LogP contribution in [0.3, 0.4) is 0 Å². The predicted molar refractivity (Wildman–Crippen MR) is 171 cm³/mol. The van der Waals surface area contributed by atoms with Crippen LogP contribution in [-0.4, -0.2) is 31.0 Å². The van der Waals surface area contributed by atoms with Crippen molar-refractivity contribution in [1.29, 1.82) is 0 Å². The van der Waals surface area contributed by atoms with Gasteiger partial charge in [-0.2, -0.15) is 13.5 Å². The molecule has 1 saturated heterocycles. The highest BCUT2D eigenvalue weighted by Gasteiger charge is 2.29. The second-order valence-electron chi connectivity index (χ2n) is 10.1. The molecule has 1 atom stereocenters. The van der Waals surface area contributed by atoms with Crippen LogP contribution in [0.25, 0.3) is 0 Å². The Kier molecular flexibility index (Phi) is 14.5. The Morgan fingerprint density at radius 2 is 1.56 bits per heavy atom. The number of carbonyl (C=O) groups is 1. The summed E-state index contributed by atoms with van der Waals surface area (Å²) in [4.78, 5) is 12.2. The minimum absolute atomic E-state index is 0.0325. The number of benzene rings is 2. The van der Waals surface area contributed by atoms with Gasteiger partial charge in [-0.05, 0) is 42.3 Å². The van der Waals surface area contributed by atoms with Crippen LogP contribution in [0.15, 0.2) is 57.6 Å². The van der Waals surface area contributed by atoms with Crippen LogP contribution in [-0.2, 0) is 14.9 Å². The number of unbranched alkanes of at least 4 members (excludes halogenated alkanes) is 11. The zero-order valence-electron chi connectivity index (χ0n) is 23.5. The molecule has 1 unspecified atom stereocenters. The van der Waals surface area contributed by atoms with Gasteiger partial charge in [-0.3, -0.25) is 4.79 Å². The van der Waals surface area contributed by atoms with Gasteiger partial charge in [-0.25, -0.2) is 0 Å². The van der Waals surface area contributed by atoms with Gasteiger partial charge in [-0.15, -0.1) is 5.10 Å². The fraction of sp³-hybridized carbons (Fsp3) is 0.500. The molecule has 7 nitrogen and oxygen atoms in total. The molecule has 11 heteroatoms. The molecule has 0 spiro atoms. The van der Waals surface area contributed by atoms with Crippen LogP contribution >= 0.6 is 35.0 Å². The van der Waals surface area contributed by atoms with E-state index in [1.165, 1.54) is 113 Å². The zero-order chi connectivity index (χ0) is 29.5. The van der Waals surface area contributed by atoms with Gasteiger partial charge in [0, 0.05) is 0 Å². The Labute approximate surface area is 258 Å². The molecule has 41 heavy (non-hydrogen) atoms. The molecule has 3 rings (SSSR count). The number of hydrogen-bond acceptors (Lipinski definition) is 7. The number of nitrogens with one attached hydrogen (secondary N) is 1. The van der Waals surface area contributed by atoms with E-state index < -0.39 is 10.1 Å². The van der Waals surface area contributed by atoms with E-state index in [-0.39, 0.29) is 31.8 Å². The Balaban J connectivity index is 1.38. The molecular formula is C30H39Cl2N3O4S2. The first-order chi connectivity index (χ1) is 19.8. The van der Waals surface area contributed by atoms with E-state index in [1.54, 1.807) is 12.1 Å². The highest BCUT2D eigenvalue weighted by Crippen LogP contribution is 2.27. The van der Waals surface area contributed by atoms with Crippen molar-refractivity contribution in [3.8, 4) is 5.75 Å². The van der Waals surface area contributed by atoms with Gasteiger partial charge in [0.1, 0.15) is 10.6 Å². The van der Waals surface area contributed by atoms with Gasteiger partial charge in [-0.1, -0.05) is 131 Å². The molecule has 0 aliphatic carbocycles. The Bertz CT molecular complexity index is 1300. The lowest BCUT2D eigenvalue weighted by Crippen LogP contribution is -2.24. The van der Waals surface area contributed by atoms with Gasteiger partial charge < -0.3 is 9.50 Å². The molecule has 2 aromatic carbocycles. The summed E-state index contributed by atoms with van der Waals surface area (Å²) >= 11 is 13.2. The number of halogens is 2. The van der Waals surface area contributed by atoms with Crippen LogP contribution in [0, 0.1) is 0 Å². The summed E-state index contributed by atoms with van der Waals surface area (Å²) in [5.74, 6) is 0.0774. The van der Waals surface area contributed by atoms with Gasteiger partial charge in [0.05, 0.1) is 21.5 Å². The number of carbonyl (C=O) groups excluding carboxylic acids is 1. The molecule has 0 aromatic heterocycles. The maximum Gasteiger partial charge on any atom is 0.339 e. The van der Waals surface area contributed by atoms with Crippen LogP contribution in [0.4, 0.5) is 0 Å². The van der Waals surface area contributed by atoms with Gasteiger partial charge in [0.15, 0.2) is 5.17 Å². The maximum atomic E-state index is 12.6. The molecule has 1 N–H and O–H groups in total. The largest absolute Gasteiger partial charge is 0.379 e. The van der Waals surface area contributed by atoms with Crippen molar-refractivity contribution in [3.63, 3.8) is 0 Å². The normalized spacial score (nSPS) is 16.5. The molecule has 0 radical (unpaired) electrons. The maximum absolute atomic E-state index is 12.6. The molecule has 1 aliphatic rings. The lowest BCUT2D eigenvalue weighted by molar-refractivity contribution is -0.118. The number of amidine groups is 1.